The van der Waals surface area contributed by atoms with E-state index in [9.17, 15) is 53.1 Å². The molecule has 3 rings (SSSR count). The normalized spacial score (nSPS) is 26.2. The van der Waals surface area contributed by atoms with E-state index >= 15 is 8.78 Å². The van der Waals surface area contributed by atoms with Crippen molar-refractivity contribution in [1.82, 2.24) is 0 Å². The Bertz CT molecular complexity index is 1130. The molecule has 0 N–H and O–H groups in total. The number of hydrogen-bond donors (Lipinski definition) is 0. The lowest BCUT2D eigenvalue weighted by molar-refractivity contribution is -0.446. The highest BCUT2D eigenvalue weighted by Crippen LogP contribution is 2.61. The lowest BCUT2D eigenvalue weighted by Crippen LogP contribution is -2.73. The maximum atomic E-state index is 15.3. The second-order valence-electron chi connectivity index (χ2n) is 9.78. The van der Waals surface area contributed by atoms with Crippen LogP contribution in [0.3, 0.4) is 0 Å². The molecule has 1 aromatic rings. The number of ether oxygens (including phenoxy) is 5. The number of halogens is 13. The Morgan fingerprint density at radius 1 is 0.833 bits per heavy atom. The number of hydrogen-bond acceptors (Lipinski definition) is 6. The first-order chi connectivity index (χ1) is 18.8. The molecule has 240 valence electrons. The second-order valence-corrected chi connectivity index (χ2v) is 9.78. The molecule has 0 amide bonds. The lowest BCUT2D eigenvalue weighted by atomic mass is 9.88. The smallest absolute Gasteiger partial charge is 0.453 e. The molecule has 2 saturated heterocycles. The fraction of sp³-hybridized carbons (Fsp3) is 0.696. The summed E-state index contributed by atoms with van der Waals surface area (Å²) in [6.07, 6.45) is -19.9. The second kappa shape index (κ2) is 10.7. The zero-order valence-electron chi connectivity index (χ0n) is 21.3. The maximum Gasteiger partial charge on any atom is 0.460 e. The predicted molar refractivity (Wildman–Crippen MR) is 110 cm³/mol. The molecule has 19 heteroatoms. The molecule has 42 heavy (non-hydrogen) atoms. The predicted octanol–water partition coefficient (Wildman–Crippen LogP) is 6.12. The van der Waals surface area contributed by atoms with E-state index in [1.807, 2.05) is 0 Å². The zero-order valence-corrected chi connectivity index (χ0v) is 21.3. The monoisotopic (exact) mass is 640 g/mol. The van der Waals surface area contributed by atoms with Gasteiger partial charge in [0.1, 0.15) is 18.3 Å². The fourth-order valence-electron chi connectivity index (χ4n) is 4.19. The molecule has 0 spiro atoms. The minimum Gasteiger partial charge on any atom is -0.453 e. The molecule has 2 fully saturated rings. The van der Waals surface area contributed by atoms with Crippen molar-refractivity contribution in [2.24, 2.45) is 0 Å². The highest BCUT2D eigenvalue weighted by atomic mass is 19.4. The van der Waals surface area contributed by atoms with Crippen LogP contribution in [-0.2, 0) is 35.1 Å². The summed E-state index contributed by atoms with van der Waals surface area (Å²) in [5.74, 6) is -42.2. The molecule has 6 nitrogen and oxygen atoms in total. The summed E-state index contributed by atoms with van der Waals surface area (Å²) in [6.45, 7) is 2.29. The van der Waals surface area contributed by atoms with Gasteiger partial charge in [-0.3, -0.25) is 4.79 Å². The van der Waals surface area contributed by atoms with Gasteiger partial charge in [0, 0.05) is 6.92 Å². The van der Waals surface area contributed by atoms with Crippen LogP contribution in [0, 0.1) is 0 Å². The van der Waals surface area contributed by atoms with Crippen LogP contribution in [0.4, 0.5) is 57.1 Å². The van der Waals surface area contributed by atoms with Crippen molar-refractivity contribution >= 4 is 5.97 Å². The van der Waals surface area contributed by atoms with Crippen LogP contribution in [0.15, 0.2) is 30.3 Å². The number of fused-ring (bicyclic) bond motifs is 1. The summed E-state index contributed by atoms with van der Waals surface area (Å²) in [6, 6.07) is 7.37. The summed E-state index contributed by atoms with van der Waals surface area (Å²) in [5, 5.41) is 0. The molecule has 2 aliphatic rings. The third-order valence-corrected chi connectivity index (χ3v) is 6.22. The zero-order chi connectivity index (χ0) is 32.3. The average Bonchev–Trinajstić information content (AvgIpc) is 3.31. The highest BCUT2D eigenvalue weighted by molar-refractivity contribution is 5.66. The molecule has 0 saturated carbocycles. The molecule has 1 aromatic carbocycles. The first kappa shape index (κ1) is 34.1. The fourth-order valence-corrected chi connectivity index (χ4v) is 4.19. The Morgan fingerprint density at radius 2 is 1.36 bits per heavy atom. The molecule has 2 aliphatic heterocycles. The van der Waals surface area contributed by atoms with Gasteiger partial charge in [-0.2, -0.15) is 57.1 Å². The quantitative estimate of drug-likeness (QED) is 0.227. The van der Waals surface area contributed by atoms with Crippen LogP contribution in [0.2, 0.25) is 0 Å². The van der Waals surface area contributed by atoms with E-state index < -0.39 is 84.9 Å². The van der Waals surface area contributed by atoms with Gasteiger partial charge in [-0.25, -0.2) is 0 Å². The van der Waals surface area contributed by atoms with Crippen molar-refractivity contribution in [2.75, 3.05) is 0 Å². The number of alkyl halides is 13. The van der Waals surface area contributed by atoms with Gasteiger partial charge in [0.25, 0.3) is 0 Å². The van der Waals surface area contributed by atoms with Crippen LogP contribution in [-0.4, -0.2) is 78.3 Å². The van der Waals surface area contributed by atoms with Crippen LogP contribution < -0.4 is 0 Å². The Balaban J connectivity index is 2.08. The molecule has 2 heterocycles. The van der Waals surface area contributed by atoms with E-state index in [0.29, 0.717) is 5.56 Å². The van der Waals surface area contributed by atoms with Gasteiger partial charge in [-0.1, -0.05) is 30.3 Å². The first-order valence-electron chi connectivity index (χ1n) is 11.6. The van der Waals surface area contributed by atoms with E-state index in [-0.39, 0.29) is 6.92 Å². The standard InChI is InChI=1S/C23H21F13O6/c1-10(37)39-15(18(24,25)19(26,27)20(28,29)21(30,31)22(32,33)23(34,35)36)13-12(38-9-11-7-5-4-6-8-11)14-16(40-13)42-17(2,3)41-14/h4-8,12-16H,9H2,1-3H3/t12-,13-,14+,15-,16+/m0/s1. The Hall–Kier alpha value is -2.38. The summed E-state index contributed by atoms with van der Waals surface area (Å²) in [4.78, 5) is 11.6. The Morgan fingerprint density at radius 3 is 1.86 bits per heavy atom. The molecule has 5 atom stereocenters. The van der Waals surface area contributed by atoms with Crippen LogP contribution >= 0.6 is 0 Å². The third-order valence-electron chi connectivity index (χ3n) is 6.22. The summed E-state index contributed by atoms with van der Waals surface area (Å²) < 4.78 is 205. The van der Waals surface area contributed by atoms with Gasteiger partial charge in [0.2, 0.25) is 6.10 Å². The van der Waals surface area contributed by atoms with Crippen LogP contribution in [0.25, 0.3) is 0 Å². The van der Waals surface area contributed by atoms with Crippen molar-refractivity contribution in [1.29, 1.82) is 0 Å². The third kappa shape index (κ3) is 5.52. The molecule has 0 aliphatic carbocycles. The minimum absolute atomic E-state index is 0.289. The van der Waals surface area contributed by atoms with Crippen molar-refractivity contribution in [3.63, 3.8) is 0 Å². The molecule has 0 unspecified atom stereocenters. The van der Waals surface area contributed by atoms with Crippen LogP contribution in [0.1, 0.15) is 26.3 Å². The van der Waals surface area contributed by atoms with Crippen molar-refractivity contribution in [3.8, 4) is 0 Å². The SMILES string of the molecule is CC(=O)O[C@@H]([C@H]1O[C@@H]2OC(C)(C)O[C@@H]2[C@H]1OCc1ccccc1)C(F)(F)C(F)(F)C(F)(F)C(F)(F)C(F)(F)C(F)(F)F. The topological polar surface area (TPSA) is 63.2 Å². The molecule has 0 bridgehead atoms. The average molecular weight is 640 g/mol. The Labute approximate surface area is 228 Å². The van der Waals surface area contributed by atoms with Gasteiger partial charge >= 0.3 is 41.8 Å². The van der Waals surface area contributed by atoms with Gasteiger partial charge in [-0.05, 0) is 19.4 Å². The van der Waals surface area contributed by atoms with Gasteiger partial charge in [-0.15, -0.1) is 0 Å². The molecule has 0 radical (unpaired) electrons. The summed E-state index contributed by atoms with van der Waals surface area (Å²) >= 11 is 0. The van der Waals surface area contributed by atoms with Gasteiger partial charge in [0.15, 0.2) is 12.1 Å². The van der Waals surface area contributed by atoms with E-state index in [4.69, 9.17) is 18.9 Å². The largest absolute Gasteiger partial charge is 0.460 e. The van der Waals surface area contributed by atoms with E-state index in [1.54, 1.807) is 6.07 Å². The highest BCUT2D eigenvalue weighted by Gasteiger charge is 2.92. The number of benzene rings is 1. The van der Waals surface area contributed by atoms with Gasteiger partial charge in [0.05, 0.1) is 6.61 Å². The number of carbonyl (C=O) groups excluding carboxylic acids is 1. The Kier molecular flexibility index (Phi) is 8.65. The molecule has 0 aromatic heterocycles. The maximum absolute atomic E-state index is 15.3. The number of esters is 1. The molecular formula is C23H21F13O6. The van der Waals surface area contributed by atoms with E-state index in [2.05, 4.69) is 4.74 Å². The van der Waals surface area contributed by atoms with E-state index in [0.717, 1.165) is 0 Å². The minimum atomic E-state index is -8.14. The van der Waals surface area contributed by atoms with Crippen molar-refractivity contribution in [3.05, 3.63) is 35.9 Å². The van der Waals surface area contributed by atoms with Crippen LogP contribution in [0.5, 0.6) is 0 Å². The number of rotatable bonds is 10. The van der Waals surface area contributed by atoms with Gasteiger partial charge < -0.3 is 23.7 Å². The lowest BCUT2D eigenvalue weighted by Gasteiger charge is -2.42. The summed E-state index contributed by atoms with van der Waals surface area (Å²) in [7, 11) is 0. The molecular weight excluding hydrogens is 619 g/mol. The number of carbonyl (C=O) groups is 1. The van der Waals surface area contributed by atoms with E-state index in [1.165, 1.54) is 38.1 Å². The van der Waals surface area contributed by atoms with Crippen molar-refractivity contribution in [2.45, 2.75) is 99.7 Å². The van der Waals surface area contributed by atoms with Crippen molar-refractivity contribution < 1.29 is 85.6 Å². The summed E-state index contributed by atoms with van der Waals surface area (Å²) in [5.41, 5.74) is 0.305. The first-order valence-corrected chi connectivity index (χ1v) is 11.6.